The average Bonchev–Trinajstić information content (AvgIpc) is 2.50. The fraction of sp³-hybridized carbons (Fsp3) is 0.750. The topological polar surface area (TPSA) is 84.1 Å². The van der Waals surface area contributed by atoms with E-state index in [2.05, 4.69) is 15.4 Å². The van der Waals surface area contributed by atoms with E-state index in [1.165, 1.54) is 4.80 Å². The number of aryl methyl sites for hydroxylation is 1. The minimum absolute atomic E-state index is 0.397. The summed E-state index contributed by atoms with van der Waals surface area (Å²) in [7, 11) is 3.52. The Bertz CT molecular complexity index is 338. The first-order valence-electron chi connectivity index (χ1n) is 4.63. The quantitative estimate of drug-likeness (QED) is 0.700. The van der Waals surface area contributed by atoms with Crippen LogP contribution in [0.25, 0.3) is 0 Å². The van der Waals surface area contributed by atoms with Gasteiger partial charge in [-0.2, -0.15) is 4.80 Å². The molecule has 0 aromatic carbocycles. The van der Waals surface area contributed by atoms with Gasteiger partial charge in [0.05, 0.1) is 19.5 Å². The van der Waals surface area contributed by atoms with Crippen molar-refractivity contribution in [2.45, 2.75) is 13.5 Å². The minimum Gasteiger partial charge on any atom is -0.481 e. The molecule has 1 unspecified atom stereocenters. The summed E-state index contributed by atoms with van der Waals surface area (Å²) in [5.41, 5.74) is 0. The van der Waals surface area contributed by atoms with Gasteiger partial charge in [-0.05, 0) is 12.3 Å². The van der Waals surface area contributed by atoms with Gasteiger partial charge in [0.2, 0.25) is 0 Å². The van der Waals surface area contributed by atoms with Crippen LogP contribution in [-0.4, -0.2) is 49.8 Å². The van der Waals surface area contributed by atoms with Crippen molar-refractivity contribution in [2.24, 2.45) is 13.0 Å². The first-order valence-corrected chi connectivity index (χ1v) is 4.63. The Hall–Kier alpha value is -1.50. The van der Waals surface area contributed by atoms with Gasteiger partial charge in [0.15, 0.2) is 5.82 Å². The molecule has 0 aliphatic rings. The Morgan fingerprint density at radius 3 is 2.80 bits per heavy atom. The van der Waals surface area contributed by atoms with Crippen molar-refractivity contribution in [3.05, 3.63) is 5.82 Å². The number of carboxylic acid groups (broad SMARTS) is 1. The van der Waals surface area contributed by atoms with Gasteiger partial charge >= 0.3 is 5.97 Å². The van der Waals surface area contributed by atoms with Crippen molar-refractivity contribution in [1.29, 1.82) is 0 Å². The van der Waals surface area contributed by atoms with E-state index >= 15 is 0 Å². The maximum absolute atomic E-state index is 10.6. The Morgan fingerprint density at radius 1 is 1.67 bits per heavy atom. The van der Waals surface area contributed by atoms with Crippen LogP contribution in [0.2, 0.25) is 0 Å². The summed E-state index contributed by atoms with van der Waals surface area (Å²) >= 11 is 0. The van der Waals surface area contributed by atoms with Gasteiger partial charge in [-0.15, -0.1) is 10.2 Å². The molecule has 0 saturated carbocycles. The highest BCUT2D eigenvalue weighted by Gasteiger charge is 2.14. The van der Waals surface area contributed by atoms with E-state index in [4.69, 9.17) is 5.11 Å². The van der Waals surface area contributed by atoms with Gasteiger partial charge in [-0.3, -0.25) is 9.69 Å². The summed E-state index contributed by atoms with van der Waals surface area (Å²) in [5, 5.41) is 20.3. The van der Waals surface area contributed by atoms with Gasteiger partial charge in [-0.25, -0.2) is 0 Å². The summed E-state index contributed by atoms with van der Waals surface area (Å²) in [4.78, 5) is 13.9. The molecule has 1 aromatic rings. The second-order valence-electron chi connectivity index (χ2n) is 3.63. The summed E-state index contributed by atoms with van der Waals surface area (Å²) in [5.74, 6) is -0.599. The van der Waals surface area contributed by atoms with Gasteiger partial charge in [0.1, 0.15) is 0 Å². The molecule has 7 heteroatoms. The summed E-state index contributed by atoms with van der Waals surface area (Å²) < 4.78 is 0. The number of carboxylic acids is 1. The highest BCUT2D eigenvalue weighted by Crippen LogP contribution is 2.01. The SMILES string of the molecule is CC(CN(C)Cc1nnn(C)n1)C(=O)O. The van der Waals surface area contributed by atoms with E-state index in [0.29, 0.717) is 18.9 Å². The van der Waals surface area contributed by atoms with Crippen LogP contribution >= 0.6 is 0 Å². The van der Waals surface area contributed by atoms with Gasteiger partial charge in [0, 0.05) is 6.54 Å². The molecular formula is C8H15N5O2. The fourth-order valence-electron chi connectivity index (χ4n) is 1.24. The van der Waals surface area contributed by atoms with Crippen LogP contribution in [0.15, 0.2) is 0 Å². The van der Waals surface area contributed by atoms with E-state index in [1.807, 2.05) is 11.9 Å². The first-order chi connectivity index (χ1) is 6.99. The molecule has 0 fully saturated rings. The Kier molecular flexibility index (Phi) is 3.73. The summed E-state index contributed by atoms with van der Waals surface area (Å²) in [6.07, 6.45) is 0. The van der Waals surface area contributed by atoms with Crippen molar-refractivity contribution in [3.8, 4) is 0 Å². The van der Waals surface area contributed by atoms with Crippen LogP contribution in [0.4, 0.5) is 0 Å². The maximum Gasteiger partial charge on any atom is 0.307 e. The van der Waals surface area contributed by atoms with E-state index in [-0.39, 0.29) is 0 Å². The monoisotopic (exact) mass is 213 g/mol. The molecule has 0 radical (unpaired) electrons. The van der Waals surface area contributed by atoms with Crippen molar-refractivity contribution < 1.29 is 9.90 Å². The molecular weight excluding hydrogens is 198 g/mol. The Balaban J connectivity index is 2.42. The molecule has 0 aliphatic heterocycles. The van der Waals surface area contributed by atoms with Gasteiger partial charge in [-0.1, -0.05) is 6.92 Å². The lowest BCUT2D eigenvalue weighted by Crippen LogP contribution is -2.28. The minimum atomic E-state index is -0.797. The standard InChI is InChI=1S/C8H15N5O2/c1-6(8(14)15)4-12(2)5-7-9-11-13(3)10-7/h6H,4-5H2,1-3H3,(H,14,15). The zero-order valence-electron chi connectivity index (χ0n) is 9.08. The summed E-state index contributed by atoms with van der Waals surface area (Å²) in [6.45, 7) is 2.64. The van der Waals surface area contributed by atoms with Crippen LogP contribution < -0.4 is 0 Å². The lowest BCUT2D eigenvalue weighted by atomic mass is 10.2. The van der Waals surface area contributed by atoms with Gasteiger partial charge in [0.25, 0.3) is 0 Å². The molecule has 1 N–H and O–H groups in total. The smallest absolute Gasteiger partial charge is 0.307 e. The third-order valence-corrected chi connectivity index (χ3v) is 1.97. The molecule has 0 saturated heterocycles. The zero-order valence-corrected chi connectivity index (χ0v) is 9.08. The molecule has 1 atom stereocenters. The highest BCUT2D eigenvalue weighted by atomic mass is 16.4. The predicted octanol–water partition coefficient (Wildman–Crippen LogP) is -0.637. The number of tetrazole rings is 1. The number of nitrogens with zero attached hydrogens (tertiary/aromatic N) is 5. The third kappa shape index (κ3) is 3.62. The van der Waals surface area contributed by atoms with Crippen molar-refractivity contribution in [1.82, 2.24) is 25.1 Å². The number of hydrogen-bond donors (Lipinski definition) is 1. The van der Waals surface area contributed by atoms with Crippen molar-refractivity contribution in [3.63, 3.8) is 0 Å². The van der Waals surface area contributed by atoms with Crippen LogP contribution in [0.3, 0.4) is 0 Å². The number of rotatable bonds is 5. The van der Waals surface area contributed by atoms with Crippen LogP contribution in [0.5, 0.6) is 0 Å². The Morgan fingerprint density at radius 2 is 2.33 bits per heavy atom. The molecule has 1 rings (SSSR count). The van der Waals surface area contributed by atoms with E-state index in [9.17, 15) is 4.79 Å². The second kappa shape index (κ2) is 4.83. The number of aliphatic carboxylic acids is 1. The molecule has 0 bridgehead atoms. The summed E-state index contributed by atoms with van der Waals surface area (Å²) in [6, 6.07) is 0. The fourth-order valence-corrected chi connectivity index (χ4v) is 1.24. The number of hydrogen-bond acceptors (Lipinski definition) is 5. The molecule has 7 nitrogen and oxygen atoms in total. The molecule has 84 valence electrons. The lowest BCUT2D eigenvalue weighted by molar-refractivity contribution is -0.141. The maximum atomic E-state index is 10.6. The molecule has 1 heterocycles. The van der Waals surface area contributed by atoms with E-state index in [0.717, 1.165) is 0 Å². The lowest BCUT2D eigenvalue weighted by Gasteiger charge is -2.16. The van der Waals surface area contributed by atoms with E-state index in [1.54, 1.807) is 14.0 Å². The van der Waals surface area contributed by atoms with Crippen molar-refractivity contribution in [2.75, 3.05) is 13.6 Å². The highest BCUT2D eigenvalue weighted by molar-refractivity contribution is 5.69. The second-order valence-corrected chi connectivity index (χ2v) is 3.63. The van der Waals surface area contributed by atoms with E-state index < -0.39 is 11.9 Å². The number of carbonyl (C=O) groups is 1. The van der Waals surface area contributed by atoms with Crippen molar-refractivity contribution >= 4 is 5.97 Å². The normalized spacial score (nSPS) is 13.1. The molecule has 0 spiro atoms. The average molecular weight is 213 g/mol. The van der Waals surface area contributed by atoms with Crippen LogP contribution in [0.1, 0.15) is 12.7 Å². The molecule has 1 aromatic heterocycles. The molecule has 0 aliphatic carbocycles. The molecule has 15 heavy (non-hydrogen) atoms. The van der Waals surface area contributed by atoms with Crippen LogP contribution in [0, 0.1) is 5.92 Å². The predicted molar refractivity (Wildman–Crippen MR) is 51.9 cm³/mol. The Labute approximate surface area is 87.7 Å². The number of aromatic nitrogens is 4. The molecule has 0 amide bonds. The third-order valence-electron chi connectivity index (χ3n) is 1.97. The first kappa shape index (κ1) is 11.6. The zero-order chi connectivity index (χ0) is 11.4. The largest absolute Gasteiger partial charge is 0.481 e. The van der Waals surface area contributed by atoms with Gasteiger partial charge < -0.3 is 5.11 Å². The van der Waals surface area contributed by atoms with Crippen LogP contribution in [-0.2, 0) is 18.4 Å².